The Morgan fingerprint density at radius 2 is 1.14 bits per heavy atom. The molecule has 0 aromatic carbocycles. The zero-order valence-corrected chi connectivity index (χ0v) is 19.7. The van der Waals surface area contributed by atoms with Crippen LogP contribution in [0, 0.1) is 5.41 Å². The molecule has 0 aliphatic heterocycles. The molecular weight excluding hydrogens is 310 g/mol. The molecule has 0 fully saturated rings. The van der Waals surface area contributed by atoms with Crippen molar-refractivity contribution in [3.05, 3.63) is 0 Å². The van der Waals surface area contributed by atoms with E-state index in [-0.39, 0.29) is 59.1 Å². The van der Waals surface area contributed by atoms with E-state index in [1.165, 1.54) is 57.8 Å². The van der Waals surface area contributed by atoms with Crippen molar-refractivity contribution < 1.29 is 76.6 Å². The van der Waals surface area contributed by atoms with Crippen molar-refractivity contribution in [1.82, 2.24) is 0 Å². The summed E-state index contributed by atoms with van der Waals surface area (Å²) in [5, 5.41) is 0. The third-order valence-electron chi connectivity index (χ3n) is 3.41. The summed E-state index contributed by atoms with van der Waals surface area (Å²) in [5.41, 5.74) is 0.587. The Morgan fingerprint density at radius 1 is 0.810 bits per heavy atom. The van der Waals surface area contributed by atoms with Gasteiger partial charge in [0.2, 0.25) is 0 Å². The van der Waals surface area contributed by atoms with Gasteiger partial charge in [0.15, 0.2) is 0 Å². The van der Waals surface area contributed by atoms with E-state index in [9.17, 15) is 0 Å². The fourth-order valence-corrected chi connectivity index (χ4v) is 1.74. The van der Waals surface area contributed by atoms with Gasteiger partial charge in [-0.1, -0.05) is 79.1 Å². The molecule has 0 heterocycles. The summed E-state index contributed by atoms with van der Waals surface area (Å²) in [7, 11) is -5.17. The number of rotatable bonds is 9. The zero-order valence-electron chi connectivity index (χ0n) is 14.9. The summed E-state index contributed by atoms with van der Waals surface area (Å²) in [6, 6.07) is 0. The molecular formula is C14H30Na2O4S. The van der Waals surface area contributed by atoms with Crippen molar-refractivity contribution in [2.24, 2.45) is 5.41 Å². The molecule has 0 aromatic rings. The van der Waals surface area contributed by atoms with Crippen molar-refractivity contribution in [3.63, 3.8) is 0 Å². The summed E-state index contributed by atoms with van der Waals surface area (Å²) in [6.07, 6.45) is 12.8. The normalized spacial score (nSPS) is 10.8. The molecule has 7 heteroatoms. The molecule has 0 saturated carbocycles. The third-order valence-corrected chi connectivity index (χ3v) is 3.41. The fourth-order valence-electron chi connectivity index (χ4n) is 1.74. The molecule has 4 nitrogen and oxygen atoms in total. The van der Waals surface area contributed by atoms with E-state index in [0.717, 1.165) is 0 Å². The first-order chi connectivity index (χ1) is 8.62. The summed E-state index contributed by atoms with van der Waals surface area (Å²) in [6.45, 7) is 9.37. The summed E-state index contributed by atoms with van der Waals surface area (Å²) in [5.74, 6) is 0. The van der Waals surface area contributed by atoms with Gasteiger partial charge in [0.05, 0.1) is 0 Å². The fraction of sp³-hybridized carbons (Fsp3) is 1.00. The Kier molecular flexibility index (Phi) is 26.6. The number of unbranched alkanes of at least 4 members (excludes halogenated alkanes) is 6. The molecule has 0 radical (unpaired) electrons. The van der Waals surface area contributed by atoms with Crippen LogP contribution in [0.25, 0.3) is 0 Å². The molecule has 0 unspecified atom stereocenters. The van der Waals surface area contributed by atoms with E-state index in [1.54, 1.807) is 0 Å². The summed E-state index contributed by atoms with van der Waals surface area (Å²) >= 11 is 0. The molecule has 0 N–H and O–H groups in total. The van der Waals surface area contributed by atoms with Crippen LogP contribution in [-0.2, 0) is 10.4 Å². The predicted octanol–water partition coefficient (Wildman–Crippen LogP) is -1.77. The monoisotopic (exact) mass is 340 g/mol. The largest absolute Gasteiger partial charge is 1.00 e. The van der Waals surface area contributed by atoms with Crippen LogP contribution in [0.5, 0.6) is 0 Å². The third kappa shape index (κ3) is 39.1. The van der Waals surface area contributed by atoms with E-state index in [0.29, 0.717) is 5.41 Å². The molecule has 0 aliphatic rings. The van der Waals surface area contributed by atoms with Gasteiger partial charge >= 0.3 is 59.1 Å². The second kappa shape index (κ2) is 18.2. The SMILES string of the molecule is CCCCCCCCCC(C)(C)CC.O=S(=O)([O-])[O-].[Na+].[Na+]. The minimum Gasteiger partial charge on any atom is -0.759 e. The molecule has 0 bridgehead atoms. The first kappa shape index (κ1) is 30.7. The number of hydrogen-bond acceptors (Lipinski definition) is 4. The van der Waals surface area contributed by atoms with Gasteiger partial charge in [0, 0.05) is 10.4 Å². The minimum absolute atomic E-state index is 0. The smallest absolute Gasteiger partial charge is 0.759 e. The zero-order chi connectivity index (χ0) is 15.4. The van der Waals surface area contributed by atoms with Crippen molar-refractivity contribution in [3.8, 4) is 0 Å². The quantitative estimate of drug-likeness (QED) is 0.215. The second-order valence-electron chi connectivity index (χ2n) is 5.80. The van der Waals surface area contributed by atoms with Gasteiger partial charge in [-0.25, -0.2) is 0 Å². The van der Waals surface area contributed by atoms with Crippen LogP contribution >= 0.6 is 0 Å². The molecule has 0 saturated heterocycles. The summed E-state index contributed by atoms with van der Waals surface area (Å²) in [4.78, 5) is 0. The van der Waals surface area contributed by atoms with Crippen molar-refractivity contribution in [1.29, 1.82) is 0 Å². The first-order valence-corrected chi connectivity index (χ1v) is 8.62. The summed E-state index contributed by atoms with van der Waals surface area (Å²) < 4.78 is 34.1. The molecule has 0 amide bonds. The first-order valence-electron chi connectivity index (χ1n) is 7.29. The minimum atomic E-state index is -5.17. The Balaban J connectivity index is -0.000000179. The maximum absolute atomic E-state index is 8.52. The number of hydrogen-bond donors (Lipinski definition) is 0. The predicted molar refractivity (Wildman–Crippen MR) is 77.2 cm³/mol. The molecule has 0 atom stereocenters. The van der Waals surface area contributed by atoms with E-state index >= 15 is 0 Å². The van der Waals surface area contributed by atoms with Gasteiger partial charge in [-0.15, -0.1) is 0 Å². The van der Waals surface area contributed by atoms with E-state index in [1.807, 2.05) is 0 Å². The maximum Gasteiger partial charge on any atom is 1.00 e. The van der Waals surface area contributed by atoms with Crippen LogP contribution < -0.4 is 59.1 Å². The Morgan fingerprint density at radius 3 is 1.48 bits per heavy atom. The maximum atomic E-state index is 8.52. The standard InChI is InChI=1S/C14H30.2Na.H2O4S/c1-5-7-8-9-10-11-12-13-14(3,4)6-2;;;1-5(2,3)4/h5-13H2,1-4H3;;;(H2,1,2,3,4)/q;2*+1;/p-2. The van der Waals surface area contributed by atoms with Crippen molar-refractivity contribution in [2.45, 2.75) is 85.5 Å². The molecule has 0 aromatic heterocycles. The van der Waals surface area contributed by atoms with Gasteiger partial charge in [0.25, 0.3) is 0 Å². The van der Waals surface area contributed by atoms with Gasteiger partial charge < -0.3 is 9.11 Å². The second-order valence-corrected chi connectivity index (χ2v) is 6.61. The Labute approximate surface area is 176 Å². The van der Waals surface area contributed by atoms with Crippen molar-refractivity contribution >= 4 is 10.4 Å². The Hall–Kier alpha value is 1.87. The molecule has 118 valence electrons. The molecule has 0 rings (SSSR count). The Bertz CT molecular complexity index is 285. The van der Waals surface area contributed by atoms with Crippen LogP contribution in [0.4, 0.5) is 0 Å². The van der Waals surface area contributed by atoms with Gasteiger partial charge in [-0.3, -0.25) is 8.42 Å². The van der Waals surface area contributed by atoms with Crippen LogP contribution in [0.2, 0.25) is 0 Å². The van der Waals surface area contributed by atoms with Gasteiger partial charge in [-0.05, 0) is 11.8 Å². The van der Waals surface area contributed by atoms with Crippen LogP contribution in [0.15, 0.2) is 0 Å². The van der Waals surface area contributed by atoms with Crippen molar-refractivity contribution in [2.75, 3.05) is 0 Å². The topological polar surface area (TPSA) is 80.3 Å². The van der Waals surface area contributed by atoms with Crippen LogP contribution in [0.3, 0.4) is 0 Å². The molecule has 0 spiro atoms. The van der Waals surface area contributed by atoms with E-state index in [2.05, 4.69) is 27.7 Å². The van der Waals surface area contributed by atoms with Crippen LogP contribution in [0.1, 0.15) is 85.5 Å². The molecule has 0 aliphatic carbocycles. The van der Waals surface area contributed by atoms with E-state index < -0.39 is 10.4 Å². The molecule has 21 heavy (non-hydrogen) atoms. The van der Waals surface area contributed by atoms with E-state index in [4.69, 9.17) is 17.5 Å². The average Bonchev–Trinajstić information content (AvgIpc) is 2.26. The van der Waals surface area contributed by atoms with Gasteiger partial charge in [0.1, 0.15) is 0 Å². The van der Waals surface area contributed by atoms with Gasteiger partial charge in [-0.2, -0.15) is 0 Å². The average molecular weight is 340 g/mol. The van der Waals surface area contributed by atoms with Crippen LogP contribution in [-0.4, -0.2) is 17.5 Å².